The highest BCUT2D eigenvalue weighted by atomic mass is 127. The number of nitriles is 1. The van der Waals surface area contributed by atoms with E-state index in [2.05, 4.69) is 26.8 Å². The molecule has 0 aliphatic rings. The molecule has 2 rings (SSSR count). The summed E-state index contributed by atoms with van der Waals surface area (Å²) in [5.74, 6) is 0.707. The summed E-state index contributed by atoms with van der Waals surface area (Å²) in [4.78, 5) is 4.17. The highest BCUT2D eigenvalue weighted by molar-refractivity contribution is 14.0. The lowest BCUT2D eigenvalue weighted by molar-refractivity contribution is 0.684. The minimum atomic E-state index is 0. The third-order valence-corrected chi connectivity index (χ3v) is 3.10. The zero-order valence-electron chi connectivity index (χ0n) is 12.6. The second-order valence-electron chi connectivity index (χ2n) is 4.54. The van der Waals surface area contributed by atoms with Gasteiger partial charge in [0.2, 0.25) is 0 Å². The van der Waals surface area contributed by atoms with E-state index in [0.29, 0.717) is 24.6 Å². The molecular formula is C15H19IN6. The summed E-state index contributed by atoms with van der Waals surface area (Å²) in [6, 6.07) is 11.6. The first-order valence-corrected chi connectivity index (χ1v) is 6.63. The molecule has 0 bridgehead atoms. The quantitative estimate of drug-likeness (QED) is 0.458. The number of aliphatic imine (C=N–C) groups is 1. The maximum atomic E-state index is 8.89. The number of hydrogen-bond acceptors (Lipinski definition) is 3. The van der Waals surface area contributed by atoms with E-state index in [-0.39, 0.29) is 24.0 Å². The highest BCUT2D eigenvalue weighted by Crippen LogP contribution is 2.03. The molecule has 116 valence electrons. The lowest BCUT2D eigenvalue weighted by Crippen LogP contribution is -2.36. The molecule has 0 aliphatic carbocycles. The fourth-order valence-electron chi connectivity index (χ4n) is 1.91. The van der Waals surface area contributed by atoms with Crippen LogP contribution in [0.25, 0.3) is 0 Å². The van der Waals surface area contributed by atoms with Crippen molar-refractivity contribution >= 4 is 29.9 Å². The van der Waals surface area contributed by atoms with Crippen molar-refractivity contribution in [3.8, 4) is 6.07 Å². The van der Waals surface area contributed by atoms with Crippen LogP contribution in [0.4, 0.5) is 0 Å². The van der Waals surface area contributed by atoms with Gasteiger partial charge >= 0.3 is 0 Å². The van der Waals surface area contributed by atoms with Crippen LogP contribution in [-0.4, -0.2) is 22.8 Å². The summed E-state index contributed by atoms with van der Waals surface area (Å²) in [6.45, 7) is 1.26. The van der Waals surface area contributed by atoms with E-state index in [1.165, 1.54) is 0 Å². The van der Waals surface area contributed by atoms with E-state index in [0.717, 1.165) is 11.3 Å². The minimum absolute atomic E-state index is 0. The molecule has 1 aromatic heterocycles. The Hall–Kier alpha value is -2.08. The SMILES string of the molecule is CN=C(NCc1cccc(C#N)c1)NCc1ccnn1C.I. The Morgan fingerprint density at radius 2 is 2.09 bits per heavy atom. The largest absolute Gasteiger partial charge is 0.352 e. The maximum absolute atomic E-state index is 8.89. The summed E-state index contributed by atoms with van der Waals surface area (Å²) >= 11 is 0. The van der Waals surface area contributed by atoms with Gasteiger partial charge in [0.1, 0.15) is 0 Å². The molecule has 0 radical (unpaired) electrons. The number of aryl methyl sites for hydroxylation is 1. The lowest BCUT2D eigenvalue weighted by atomic mass is 10.1. The van der Waals surface area contributed by atoms with Crippen molar-refractivity contribution in [1.82, 2.24) is 20.4 Å². The summed E-state index contributed by atoms with van der Waals surface area (Å²) in [7, 11) is 3.63. The van der Waals surface area contributed by atoms with Crippen LogP contribution in [0.1, 0.15) is 16.8 Å². The first kappa shape index (κ1) is 18.0. The lowest BCUT2D eigenvalue weighted by Gasteiger charge is -2.12. The Kier molecular flexibility index (Phi) is 7.39. The van der Waals surface area contributed by atoms with Crippen LogP contribution < -0.4 is 10.6 Å². The normalized spacial score (nSPS) is 10.5. The van der Waals surface area contributed by atoms with E-state index >= 15 is 0 Å². The average Bonchev–Trinajstić information content (AvgIpc) is 2.93. The van der Waals surface area contributed by atoms with E-state index < -0.39 is 0 Å². The number of benzene rings is 1. The number of nitrogens with zero attached hydrogens (tertiary/aromatic N) is 4. The van der Waals surface area contributed by atoms with Gasteiger partial charge in [-0.2, -0.15) is 10.4 Å². The Balaban J connectivity index is 0.00000242. The van der Waals surface area contributed by atoms with Gasteiger partial charge in [-0.3, -0.25) is 9.67 Å². The number of rotatable bonds is 4. The number of hydrogen-bond donors (Lipinski definition) is 2. The zero-order chi connectivity index (χ0) is 15.1. The van der Waals surface area contributed by atoms with Crippen LogP contribution in [0.2, 0.25) is 0 Å². The van der Waals surface area contributed by atoms with Crippen LogP contribution in [-0.2, 0) is 20.1 Å². The minimum Gasteiger partial charge on any atom is -0.352 e. The Morgan fingerprint density at radius 3 is 2.73 bits per heavy atom. The molecule has 2 N–H and O–H groups in total. The molecule has 0 saturated carbocycles. The summed E-state index contributed by atoms with van der Waals surface area (Å²) in [5, 5.41) is 19.4. The Morgan fingerprint density at radius 1 is 1.32 bits per heavy atom. The van der Waals surface area contributed by atoms with Crippen LogP contribution in [0, 0.1) is 11.3 Å². The van der Waals surface area contributed by atoms with Gasteiger partial charge in [-0.15, -0.1) is 24.0 Å². The van der Waals surface area contributed by atoms with E-state index in [4.69, 9.17) is 5.26 Å². The van der Waals surface area contributed by atoms with Crippen molar-refractivity contribution < 1.29 is 0 Å². The molecule has 0 amide bonds. The van der Waals surface area contributed by atoms with E-state index in [1.54, 1.807) is 19.3 Å². The topological polar surface area (TPSA) is 78.0 Å². The van der Waals surface area contributed by atoms with Gasteiger partial charge in [-0.05, 0) is 23.8 Å². The monoisotopic (exact) mass is 410 g/mol. The molecule has 0 aliphatic heterocycles. The van der Waals surface area contributed by atoms with Crippen molar-refractivity contribution in [3.63, 3.8) is 0 Å². The molecular weight excluding hydrogens is 391 g/mol. The molecule has 1 aromatic carbocycles. The highest BCUT2D eigenvalue weighted by Gasteiger charge is 2.02. The molecule has 7 heteroatoms. The second-order valence-corrected chi connectivity index (χ2v) is 4.54. The van der Waals surface area contributed by atoms with E-state index in [1.807, 2.05) is 36.0 Å². The van der Waals surface area contributed by atoms with Gasteiger partial charge in [0.05, 0.1) is 23.9 Å². The predicted octanol–water partition coefficient (Wildman–Crippen LogP) is 1.77. The molecule has 2 aromatic rings. The Bertz CT molecular complexity index is 671. The standard InChI is InChI=1S/C15H18N6.HI/c1-17-15(19-11-14-6-7-20-21(14)2)18-10-13-5-3-4-12(8-13)9-16;/h3-8H,10-11H2,1-2H3,(H2,17,18,19);1H. The molecule has 6 nitrogen and oxygen atoms in total. The molecule has 0 unspecified atom stereocenters. The zero-order valence-corrected chi connectivity index (χ0v) is 14.9. The predicted molar refractivity (Wildman–Crippen MR) is 96.8 cm³/mol. The van der Waals surface area contributed by atoms with Crippen LogP contribution in [0.5, 0.6) is 0 Å². The fourth-order valence-corrected chi connectivity index (χ4v) is 1.91. The summed E-state index contributed by atoms with van der Waals surface area (Å²) in [6.07, 6.45) is 1.76. The maximum Gasteiger partial charge on any atom is 0.191 e. The van der Waals surface area contributed by atoms with Gasteiger partial charge < -0.3 is 10.6 Å². The molecule has 22 heavy (non-hydrogen) atoms. The van der Waals surface area contributed by atoms with Gasteiger partial charge in [0, 0.05) is 26.8 Å². The summed E-state index contributed by atoms with van der Waals surface area (Å²) in [5.41, 5.74) is 2.77. The van der Waals surface area contributed by atoms with Gasteiger partial charge in [-0.25, -0.2) is 0 Å². The summed E-state index contributed by atoms with van der Waals surface area (Å²) < 4.78 is 1.82. The molecule has 1 heterocycles. The third-order valence-electron chi connectivity index (χ3n) is 3.10. The molecule has 0 saturated heterocycles. The number of nitrogens with one attached hydrogen (secondary N) is 2. The average molecular weight is 410 g/mol. The van der Waals surface area contributed by atoms with Crippen molar-refractivity contribution in [2.24, 2.45) is 12.0 Å². The molecule has 0 atom stereocenters. The van der Waals surface area contributed by atoms with Gasteiger partial charge in [0.25, 0.3) is 0 Å². The third kappa shape index (κ3) is 5.04. The number of aromatic nitrogens is 2. The van der Waals surface area contributed by atoms with Crippen LogP contribution in [0.3, 0.4) is 0 Å². The second kappa shape index (κ2) is 9.04. The van der Waals surface area contributed by atoms with E-state index in [9.17, 15) is 0 Å². The number of halogens is 1. The smallest absolute Gasteiger partial charge is 0.191 e. The molecule has 0 spiro atoms. The number of guanidine groups is 1. The first-order chi connectivity index (χ1) is 10.2. The van der Waals surface area contributed by atoms with Gasteiger partial charge in [-0.1, -0.05) is 12.1 Å². The first-order valence-electron chi connectivity index (χ1n) is 6.63. The van der Waals surface area contributed by atoms with Crippen LogP contribution in [0.15, 0.2) is 41.5 Å². The van der Waals surface area contributed by atoms with Crippen molar-refractivity contribution in [3.05, 3.63) is 53.3 Å². The van der Waals surface area contributed by atoms with Crippen molar-refractivity contribution in [2.45, 2.75) is 13.1 Å². The van der Waals surface area contributed by atoms with Crippen molar-refractivity contribution in [2.75, 3.05) is 7.05 Å². The molecule has 0 fully saturated rings. The fraction of sp³-hybridized carbons (Fsp3) is 0.267. The van der Waals surface area contributed by atoms with Gasteiger partial charge in [0.15, 0.2) is 5.96 Å². The Labute approximate surface area is 147 Å². The van der Waals surface area contributed by atoms with Crippen molar-refractivity contribution in [1.29, 1.82) is 5.26 Å². The van der Waals surface area contributed by atoms with Crippen LogP contribution >= 0.6 is 24.0 Å².